The third-order valence-electron chi connectivity index (χ3n) is 5.02. The van der Waals surface area contributed by atoms with Gasteiger partial charge in [-0.25, -0.2) is 15.6 Å². The number of hydrogen-bond acceptors (Lipinski definition) is 3. The summed E-state index contributed by atoms with van der Waals surface area (Å²) < 4.78 is 0. The van der Waals surface area contributed by atoms with Crippen molar-refractivity contribution in [2.45, 2.75) is 38.5 Å². The van der Waals surface area contributed by atoms with Crippen molar-refractivity contribution in [1.29, 1.82) is 0 Å². The van der Waals surface area contributed by atoms with Gasteiger partial charge in [0.2, 0.25) is 0 Å². The Balaban J connectivity index is 1.31. The van der Waals surface area contributed by atoms with Gasteiger partial charge in [-0.1, -0.05) is 48.5 Å². The molecule has 0 heterocycles. The number of aryl methyl sites for hydroxylation is 2. The molecule has 0 radical (unpaired) electrons. The van der Waals surface area contributed by atoms with Crippen LogP contribution in [0.3, 0.4) is 0 Å². The Labute approximate surface area is 153 Å². The normalized spacial score (nSPS) is 18.9. The first kappa shape index (κ1) is 16.5. The summed E-state index contributed by atoms with van der Waals surface area (Å²) in [7, 11) is 0. The van der Waals surface area contributed by atoms with Crippen LogP contribution in [0.15, 0.2) is 58.7 Å². The van der Waals surface area contributed by atoms with Crippen molar-refractivity contribution in [3.63, 3.8) is 0 Å². The number of amides is 2. The molecule has 26 heavy (non-hydrogen) atoms. The molecule has 2 N–H and O–H groups in total. The first-order valence-corrected chi connectivity index (χ1v) is 9.08. The highest BCUT2D eigenvalue weighted by Gasteiger charge is 2.15. The van der Waals surface area contributed by atoms with Gasteiger partial charge in [0.1, 0.15) is 0 Å². The van der Waals surface area contributed by atoms with Crippen LogP contribution in [0.4, 0.5) is 4.79 Å². The zero-order valence-corrected chi connectivity index (χ0v) is 14.7. The van der Waals surface area contributed by atoms with Crippen LogP contribution in [0, 0.1) is 0 Å². The molecule has 2 aromatic carbocycles. The summed E-state index contributed by atoms with van der Waals surface area (Å²) in [5, 5.41) is 8.53. The van der Waals surface area contributed by atoms with Crippen LogP contribution in [-0.4, -0.2) is 17.5 Å². The van der Waals surface area contributed by atoms with Crippen molar-refractivity contribution in [1.82, 2.24) is 10.9 Å². The van der Waals surface area contributed by atoms with E-state index in [1.54, 1.807) is 0 Å². The molecule has 2 aromatic rings. The molecule has 2 amide bonds. The van der Waals surface area contributed by atoms with Gasteiger partial charge in [0.25, 0.3) is 0 Å². The second-order valence-corrected chi connectivity index (χ2v) is 6.80. The molecule has 0 aliphatic heterocycles. The number of rotatable bonds is 2. The molecule has 2 aliphatic rings. The summed E-state index contributed by atoms with van der Waals surface area (Å²) >= 11 is 0. The number of hydrazone groups is 2. The van der Waals surface area contributed by atoms with Crippen LogP contribution in [0.1, 0.15) is 35.1 Å². The van der Waals surface area contributed by atoms with E-state index in [0.717, 1.165) is 49.9 Å². The van der Waals surface area contributed by atoms with Gasteiger partial charge in [0, 0.05) is 24.3 Å². The van der Waals surface area contributed by atoms with Crippen LogP contribution in [0.5, 0.6) is 0 Å². The Morgan fingerprint density at radius 1 is 0.654 bits per heavy atom. The summed E-state index contributed by atoms with van der Waals surface area (Å²) in [5.74, 6) is 0. The second kappa shape index (κ2) is 7.52. The Morgan fingerprint density at radius 3 is 1.54 bits per heavy atom. The van der Waals surface area contributed by atoms with Gasteiger partial charge in [-0.15, -0.1) is 0 Å². The zero-order valence-electron chi connectivity index (χ0n) is 14.7. The molecule has 0 bridgehead atoms. The molecule has 132 valence electrons. The SMILES string of the molecule is O=C(N/N=C1/CCc2ccccc2C1)N/N=C1/CCc2ccccc2C1. The molecule has 0 fully saturated rings. The van der Waals surface area contributed by atoms with E-state index in [9.17, 15) is 4.79 Å². The zero-order chi connectivity index (χ0) is 17.8. The fourth-order valence-corrected chi connectivity index (χ4v) is 3.60. The molecular formula is C21H22N4O. The van der Waals surface area contributed by atoms with Crippen LogP contribution in [-0.2, 0) is 25.7 Å². The fourth-order valence-electron chi connectivity index (χ4n) is 3.60. The number of urea groups is 1. The van der Waals surface area contributed by atoms with Crippen molar-refractivity contribution < 1.29 is 4.79 Å². The third-order valence-corrected chi connectivity index (χ3v) is 5.02. The van der Waals surface area contributed by atoms with Gasteiger partial charge in [-0.3, -0.25) is 0 Å². The minimum absolute atomic E-state index is 0.386. The number of carbonyl (C=O) groups is 1. The number of nitrogens with zero attached hydrogens (tertiary/aromatic N) is 2. The fraction of sp³-hybridized carbons (Fsp3) is 0.286. The van der Waals surface area contributed by atoms with Gasteiger partial charge in [-0.2, -0.15) is 10.2 Å². The van der Waals surface area contributed by atoms with Gasteiger partial charge < -0.3 is 0 Å². The summed E-state index contributed by atoms with van der Waals surface area (Å²) in [6, 6.07) is 16.4. The van der Waals surface area contributed by atoms with Crippen LogP contribution in [0.2, 0.25) is 0 Å². The van der Waals surface area contributed by atoms with Gasteiger partial charge >= 0.3 is 6.03 Å². The van der Waals surface area contributed by atoms with E-state index in [4.69, 9.17) is 0 Å². The monoisotopic (exact) mass is 346 g/mol. The summed E-state index contributed by atoms with van der Waals surface area (Å²) in [5.41, 5.74) is 12.5. The van der Waals surface area contributed by atoms with Crippen LogP contribution >= 0.6 is 0 Å². The van der Waals surface area contributed by atoms with Crippen molar-refractivity contribution in [2.24, 2.45) is 10.2 Å². The first-order chi connectivity index (χ1) is 12.8. The van der Waals surface area contributed by atoms with Crippen molar-refractivity contribution in [3.8, 4) is 0 Å². The topological polar surface area (TPSA) is 65.8 Å². The molecule has 4 rings (SSSR count). The predicted molar refractivity (Wildman–Crippen MR) is 103 cm³/mol. The standard InChI is InChI=1S/C21H22N4O/c26-21(24-22-19-11-9-15-5-1-3-7-17(15)13-19)25-23-20-12-10-16-6-2-4-8-18(16)14-20/h1-8H,9-14H2,(H2,24,25,26)/b22-19-,23-20-. The molecule has 0 unspecified atom stereocenters. The Hall–Kier alpha value is -2.95. The second-order valence-electron chi connectivity index (χ2n) is 6.80. The number of nitrogens with one attached hydrogen (secondary N) is 2. The quantitative estimate of drug-likeness (QED) is 0.805. The van der Waals surface area contributed by atoms with Gasteiger partial charge in [0.15, 0.2) is 0 Å². The lowest BCUT2D eigenvalue weighted by molar-refractivity contribution is 0.241. The summed E-state index contributed by atoms with van der Waals surface area (Å²) in [6.07, 6.45) is 5.29. The average molecular weight is 346 g/mol. The number of hydrogen-bond donors (Lipinski definition) is 2. The minimum Gasteiger partial charge on any atom is -0.245 e. The highest BCUT2D eigenvalue weighted by atomic mass is 16.2. The van der Waals surface area contributed by atoms with Crippen molar-refractivity contribution in [3.05, 3.63) is 70.8 Å². The summed E-state index contributed by atoms with van der Waals surface area (Å²) in [6.45, 7) is 0. The lowest BCUT2D eigenvalue weighted by Gasteiger charge is -2.17. The maximum Gasteiger partial charge on any atom is 0.355 e. The lowest BCUT2D eigenvalue weighted by atomic mass is 9.90. The van der Waals surface area contributed by atoms with Crippen LogP contribution < -0.4 is 10.9 Å². The maximum absolute atomic E-state index is 12.0. The van der Waals surface area contributed by atoms with Gasteiger partial charge in [-0.05, 0) is 47.9 Å². The molecule has 0 atom stereocenters. The third kappa shape index (κ3) is 3.82. The Kier molecular flexibility index (Phi) is 4.78. The minimum atomic E-state index is -0.386. The molecule has 2 aliphatic carbocycles. The van der Waals surface area contributed by atoms with E-state index in [0.29, 0.717) is 0 Å². The number of benzene rings is 2. The molecule has 0 saturated carbocycles. The largest absolute Gasteiger partial charge is 0.355 e. The first-order valence-electron chi connectivity index (χ1n) is 9.08. The molecule has 0 aromatic heterocycles. The molecule has 5 heteroatoms. The van der Waals surface area contributed by atoms with E-state index in [-0.39, 0.29) is 6.03 Å². The van der Waals surface area contributed by atoms with E-state index >= 15 is 0 Å². The Morgan fingerprint density at radius 2 is 1.08 bits per heavy atom. The molecular weight excluding hydrogens is 324 g/mol. The van der Waals surface area contributed by atoms with E-state index in [2.05, 4.69) is 57.5 Å². The van der Waals surface area contributed by atoms with E-state index < -0.39 is 0 Å². The lowest BCUT2D eigenvalue weighted by Crippen LogP contribution is -2.31. The van der Waals surface area contributed by atoms with Gasteiger partial charge in [0.05, 0.1) is 0 Å². The number of fused-ring (bicyclic) bond motifs is 2. The number of carbonyl (C=O) groups excluding carboxylic acids is 1. The predicted octanol–water partition coefficient (Wildman–Crippen LogP) is 3.38. The average Bonchev–Trinajstić information content (AvgIpc) is 2.70. The molecule has 0 spiro atoms. The van der Waals surface area contributed by atoms with E-state index in [1.165, 1.54) is 22.3 Å². The highest BCUT2D eigenvalue weighted by molar-refractivity contribution is 5.91. The molecule has 0 saturated heterocycles. The summed E-state index contributed by atoms with van der Waals surface area (Å²) in [4.78, 5) is 12.0. The molecule has 5 nitrogen and oxygen atoms in total. The van der Waals surface area contributed by atoms with E-state index in [1.807, 2.05) is 12.1 Å². The van der Waals surface area contributed by atoms with Crippen molar-refractivity contribution in [2.75, 3.05) is 0 Å². The smallest absolute Gasteiger partial charge is 0.245 e. The Bertz CT molecular complexity index is 814. The highest BCUT2D eigenvalue weighted by Crippen LogP contribution is 2.20. The van der Waals surface area contributed by atoms with Crippen LogP contribution in [0.25, 0.3) is 0 Å². The van der Waals surface area contributed by atoms with Crippen molar-refractivity contribution >= 4 is 17.5 Å². The maximum atomic E-state index is 12.0.